The predicted molar refractivity (Wildman–Crippen MR) is 60.1 cm³/mol. The number of aromatic nitrogens is 1. The van der Waals surface area contributed by atoms with E-state index in [0.717, 1.165) is 11.9 Å². The molecule has 5 heteroatoms. The Morgan fingerprint density at radius 2 is 2.00 bits per heavy atom. The highest BCUT2D eigenvalue weighted by Crippen LogP contribution is 1.96. The summed E-state index contributed by atoms with van der Waals surface area (Å²) in [6.45, 7) is 4.15. The van der Waals surface area contributed by atoms with E-state index in [1.807, 2.05) is 26.0 Å². The molecule has 0 aromatic carbocycles. The fourth-order valence-corrected chi connectivity index (χ4v) is 1.23. The van der Waals surface area contributed by atoms with Gasteiger partial charge in [0.15, 0.2) is 0 Å². The fraction of sp³-hybridized carbons (Fsp3) is 0.500. The molecule has 0 aliphatic rings. The van der Waals surface area contributed by atoms with Crippen molar-refractivity contribution in [3.63, 3.8) is 0 Å². The summed E-state index contributed by atoms with van der Waals surface area (Å²) in [6, 6.07) is 5.48. The molecular weight excluding hydrogens is 214 g/mol. The molecule has 1 aromatic heterocycles. The molecule has 0 aliphatic carbocycles. The van der Waals surface area contributed by atoms with Crippen LogP contribution in [0.25, 0.3) is 0 Å². The zero-order chi connectivity index (χ0) is 11.7. The lowest BCUT2D eigenvalue weighted by Crippen LogP contribution is -2.06. The van der Waals surface area contributed by atoms with E-state index in [2.05, 4.69) is 9.17 Å². The van der Waals surface area contributed by atoms with E-state index in [0.29, 0.717) is 6.42 Å². The molecule has 1 aromatic rings. The largest absolute Gasteiger partial charge is 0.270 e. The Morgan fingerprint density at radius 3 is 2.47 bits per heavy atom. The highest BCUT2D eigenvalue weighted by atomic mass is 32.2. The third kappa shape index (κ3) is 8.08. The third-order valence-electron chi connectivity index (χ3n) is 1.38. The van der Waals surface area contributed by atoms with Crippen LogP contribution in [0.1, 0.15) is 19.5 Å². The molecule has 0 saturated carbocycles. The van der Waals surface area contributed by atoms with E-state index in [1.165, 1.54) is 0 Å². The van der Waals surface area contributed by atoms with Gasteiger partial charge in [-0.15, -0.1) is 0 Å². The van der Waals surface area contributed by atoms with Crippen molar-refractivity contribution in [1.29, 1.82) is 0 Å². The molecule has 1 heterocycles. The lowest BCUT2D eigenvalue weighted by Gasteiger charge is -1.99. The minimum Gasteiger partial charge on any atom is -0.270 e. The van der Waals surface area contributed by atoms with Crippen molar-refractivity contribution >= 4 is 10.1 Å². The highest BCUT2D eigenvalue weighted by molar-refractivity contribution is 7.85. The number of rotatable bonds is 4. The quantitative estimate of drug-likeness (QED) is 0.739. The van der Waals surface area contributed by atoms with Crippen molar-refractivity contribution in [3.05, 3.63) is 30.1 Å². The molecule has 4 nitrogen and oxygen atoms in total. The molecule has 0 saturated heterocycles. The fourth-order valence-electron chi connectivity index (χ4n) is 0.844. The van der Waals surface area contributed by atoms with Crippen LogP contribution in [0.2, 0.25) is 0 Å². The second-order valence-corrected chi connectivity index (χ2v) is 4.24. The van der Waals surface area contributed by atoms with Gasteiger partial charge < -0.3 is 0 Å². The van der Waals surface area contributed by atoms with Gasteiger partial charge in [0.25, 0.3) is 10.1 Å². The van der Waals surface area contributed by atoms with Gasteiger partial charge in [0.05, 0.1) is 12.9 Å². The van der Waals surface area contributed by atoms with E-state index in [9.17, 15) is 8.42 Å². The minimum atomic E-state index is -3.32. The normalized spacial score (nSPS) is 10.3. The molecule has 0 spiro atoms. The van der Waals surface area contributed by atoms with Crippen LogP contribution in [-0.4, -0.2) is 26.3 Å². The maximum absolute atomic E-state index is 10.6. The van der Waals surface area contributed by atoms with Gasteiger partial charge in [-0.25, -0.2) is 0 Å². The van der Waals surface area contributed by atoms with Crippen LogP contribution in [0.3, 0.4) is 0 Å². The first kappa shape index (κ1) is 14.1. The first-order valence-corrected chi connectivity index (χ1v) is 6.64. The molecule has 0 atom stereocenters. The minimum absolute atomic E-state index is 0.149. The summed E-state index contributed by atoms with van der Waals surface area (Å²) in [5.74, 6) is 0. The van der Waals surface area contributed by atoms with Crippen LogP contribution in [0, 0.1) is 0 Å². The van der Waals surface area contributed by atoms with E-state index in [-0.39, 0.29) is 6.61 Å². The SMILES string of the molecule is CC.CS(=O)(=O)OCCc1ccccn1. The smallest absolute Gasteiger partial charge is 0.264 e. The van der Waals surface area contributed by atoms with Crippen molar-refractivity contribution in [2.45, 2.75) is 20.3 Å². The zero-order valence-electron chi connectivity index (χ0n) is 9.30. The second kappa shape index (κ2) is 7.36. The summed E-state index contributed by atoms with van der Waals surface area (Å²) < 4.78 is 25.7. The summed E-state index contributed by atoms with van der Waals surface area (Å²) in [5.41, 5.74) is 0.825. The van der Waals surface area contributed by atoms with Gasteiger partial charge >= 0.3 is 0 Å². The van der Waals surface area contributed by atoms with Crippen LogP contribution >= 0.6 is 0 Å². The third-order valence-corrected chi connectivity index (χ3v) is 1.98. The zero-order valence-corrected chi connectivity index (χ0v) is 10.1. The van der Waals surface area contributed by atoms with Crippen molar-refractivity contribution in [2.24, 2.45) is 0 Å². The topological polar surface area (TPSA) is 56.3 Å². The average molecular weight is 231 g/mol. The summed E-state index contributed by atoms with van der Waals surface area (Å²) in [7, 11) is -3.32. The lowest BCUT2D eigenvalue weighted by molar-refractivity contribution is 0.324. The van der Waals surface area contributed by atoms with Crippen LogP contribution in [-0.2, 0) is 20.7 Å². The molecule has 86 valence electrons. The summed E-state index contributed by atoms with van der Waals surface area (Å²) in [5, 5.41) is 0. The van der Waals surface area contributed by atoms with Gasteiger partial charge in [0.2, 0.25) is 0 Å². The van der Waals surface area contributed by atoms with E-state index in [4.69, 9.17) is 0 Å². The molecule has 0 bridgehead atoms. The molecule has 0 radical (unpaired) electrons. The Hall–Kier alpha value is -0.940. The molecule has 0 fully saturated rings. The Balaban J connectivity index is 0.000000921. The molecule has 1 rings (SSSR count). The molecular formula is C10H17NO3S. The average Bonchev–Trinajstić information content (AvgIpc) is 2.20. The Labute approximate surface area is 91.4 Å². The monoisotopic (exact) mass is 231 g/mol. The number of nitrogens with zero attached hydrogens (tertiary/aromatic N) is 1. The van der Waals surface area contributed by atoms with E-state index < -0.39 is 10.1 Å². The Bertz CT molecular complexity index is 348. The van der Waals surface area contributed by atoms with Gasteiger partial charge in [-0.2, -0.15) is 8.42 Å². The van der Waals surface area contributed by atoms with E-state index >= 15 is 0 Å². The first-order valence-electron chi connectivity index (χ1n) is 4.82. The molecule has 15 heavy (non-hydrogen) atoms. The Morgan fingerprint density at radius 1 is 1.33 bits per heavy atom. The van der Waals surface area contributed by atoms with Crippen molar-refractivity contribution < 1.29 is 12.6 Å². The number of hydrogen-bond donors (Lipinski definition) is 0. The van der Waals surface area contributed by atoms with E-state index in [1.54, 1.807) is 12.3 Å². The van der Waals surface area contributed by atoms with Crippen LogP contribution < -0.4 is 0 Å². The standard InChI is InChI=1S/C8H11NO3S.C2H6/c1-13(10,11)12-7-5-8-4-2-3-6-9-8;1-2/h2-4,6H,5,7H2,1H3;1-2H3. The predicted octanol–water partition coefficient (Wildman–Crippen LogP) is 1.63. The maximum Gasteiger partial charge on any atom is 0.264 e. The summed E-state index contributed by atoms with van der Waals surface area (Å²) >= 11 is 0. The van der Waals surface area contributed by atoms with Crippen LogP contribution in [0.4, 0.5) is 0 Å². The van der Waals surface area contributed by atoms with Crippen LogP contribution in [0.15, 0.2) is 24.4 Å². The van der Waals surface area contributed by atoms with Crippen molar-refractivity contribution in [3.8, 4) is 0 Å². The first-order chi connectivity index (χ1) is 7.08. The van der Waals surface area contributed by atoms with Crippen LogP contribution in [0.5, 0.6) is 0 Å². The van der Waals surface area contributed by atoms with Crippen molar-refractivity contribution in [2.75, 3.05) is 12.9 Å². The molecule has 0 amide bonds. The Kier molecular flexibility index (Phi) is 6.90. The summed E-state index contributed by atoms with van der Waals surface area (Å²) in [6.07, 6.45) is 3.20. The van der Waals surface area contributed by atoms with Crippen molar-refractivity contribution in [1.82, 2.24) is 4.98 Å². The molecule has 0 aliphatic heterocycles. The number of hydrogen-bond acceptors (Lipinski definition) is 4. The number of pyridine rings is 1. The second-order valence-electron chi connectivity index (χ2n) is 2.60. The van der Waals surface area contributed by atoms with Gasteiger partial charge in [-0.3, -0.25) is 9.17 Å². The van der Waals surface area contributed by atoms with Gasteiger partial charge in [-0.05, 0) is 12.1 Å². The lowest BCUT2D eigenvalue weighted by atomic mass is 10.3. The highest BCUT2D eigenvalue weighted by Gasteiger charge is 2.01. The molecule has 0 unspecified atom stereocenters. The summed E-state index contributed by atoms with van der Waals surface area (Å²) in [4.78, 5) is 4.02. The van der Waals surface area contributed by atoms with Gasteiger partial charge in [0.1, 0.15) is 0 Å². The maximum atomic E-state index is 10.6. The molecule has 0 N–H and O–H groups in total. The van der Waals surface area contributed by atoms with Gasteiger partial charge in [-0.1, -0.05) is 19.9 Å². The van der Waals surface area contributed by atoms with Gasteiger partial charge in [0, 0.05) is 18.3 Å².